The second-order valence-electron chi connectivity index (χ2n) is 4.57. The Labute approximate surface area is 98.3 Å². The van der Waals surface area contributed by atoms with Crippen molar-refractivity contribution >= 4 is 5.97 Å². The third-order valence-electron chi connectivity index (χ3n) is 3.18. The van der Waals surface area contributed by atoms with Gasteiger partial charge in [-0.1, -0.05) is 6.92 Å². The van der Waals surface area contributed by atoms with E-state index in [0.717, 1.165) is 19.6 Å². The van der Waals surface area contributed by atoms with Gasteiger partial charge in [0.2, 0.25) is 0 Å². The number of carbonyl (C=O) groups is 1. The minimum atomic E-state index is -0.0803. The van der Waals surface area contributed by atoms with E-state index in [9.17, 15) is 4.79 Å². The number of nitrogens with one attached hydrogen (secondary N) is 1. The maximum atomic E-state index is 11.5. The summed E-state index contributed by atoms with van der Waals surface area (Å²) in [7, 11) is 2.10. The fourth-order valence-corrected chi connectivity index (χ4v) is 2.19. The summed E-state index contributed by atoms with van der Waals surface area (Å²) in [4.78, 5) is 13.8. The molecule has 1 aliphatic heterocycles. The molecule has 0 aromatic rings. The number of nitrogens with zero attached hydrogens (tertiary/aromatic N) is 1. The first-order valence-electron chi connectivity index (χ1n) is 6.22. The van der Waals surface area contributed by atoms with Gasteiger partial charge in [0, 0.05) is 12.6 Å². The molecule has 1 heterocycles. The molecule has 0 amide bonds. The first-order valence-corrected chi connectivity index (χ1v) is 6.22. The van der Waals surface area contributed by atoms with Gasteiger partial charge in [0.15, 0.2) is 0 Å². The number of rotatable bonds is 5. The highest BCUT2D eigenvalue weighted by molar-refractivity contribution is 5.72. The van der Waals surface area contributed by atoms with Crippen LogP contribution in [0.1, 0.15) is 26.7 Å². The lowest BCUT2D eigenvalue weighted by molar-refractivity contribution is -0.148. The SMILES string of the molecule is CCOC(=O)C(C)CN(C)C1CCNCC1. The van der Waals surface area contributed by atoms with Crippen LogP contribution in [0.3, 0.4) is 0 Å². The second-order valence-corrected chi connectivity index (χ2v) is 4.57. The van der Waals surface area contributed by atoms with Gasteiger partial charge in [0.25, 0.3) is 0 Å². The monoisotopic (exact) mass is 228 g/mol. The van der Waals surface area contributed by atoms with Gasteiger partial charge in [0.05, 0.1) is 12.5 Å². The standard InChI is InChI=1S/C12H24N2O2/c1-4-16-12(15)10(2)9-14(3)11-5-7-13-8-6-11/h10-11,13H,4-9H2,1-3H3. The van der Waals surface area contributed by atoms with Gasteiger partial charge in [-0.25, -0.2) is 0 Å². The first-order chi connectivity index (χ1) is 7.65. The summed E-state index contributed by atoms with van der Waals surface area (Å²) in [6, 6.07) is 0.609. The molecule has 4 heteroatoms. The van der Waals surface area contributed by atoms with Gasteiger partial charge in [0.1, 0.15) is 0 Å². The third-order valence-corrected chi connectivity index (χ3v) is 3.18. The molecule has 1 fully saturated rings. The average Bonchev–Trinajstić information content (AvgIpc) is 2.30. The zero-order valence-corrected chi connectivity index (χ0v) is 10.7. The van der Waals surface area contributed by atoms with Crippen molar-refractivity contribution in [1.29, 1.82) is 0 Å². The van der Waals surface area contributed by atoms with Crippen molar-refractivity contribution in [3.63, 3.8) is 0 Å². The molecule has 0 bridgehead atoms. The molecule has 1 N–H and O–H groups in total. The maximum absolute atomic E-state index is 11.5. The highest BCUT2D eigenvalue weighted by atomic mass is 16.5. The van der Waals surface area contributed by atoms with Crippen molar-refractivity contribution in [3.8, 4) is 0 Å². The molecule has 0 radical (unpaired) electrons. The van der Waals surface area contributed by atoms with E-state index in [-0.39, 0.29) is 11.9 Å². The van der Waals surface area contributed by atoms with E-state index in [4.69, 9.17) is 4.74 Å². The van der Waals surface area contributed by atoms with Crippen LogP contribution in [-0.2, 0) is 9.53 Å². The maximum Gasteiger partial charge on any atom is 0.309 e. The number of ether oxygens (including phenoxy) is 1. The van der Waals surface area contributed by atoms with E-state index in [0.29, 0.717) is 12.6 Å². The summed E-state index contributed by atoms with van der Waals surface area (Å²) >= 11 is 0. The molecule has 1 unspecified atom stereocenters. The van der Waals surface area contributed by atoms with Crippen LogP contribution in [-0.4, -0.2) is 50.2 Å². The van der Waals surface area contributed by atoms with E-state index in [1.165, 1.54) is 12.8 Å². The van der Waals surface area contributed by atoms with Crippen LogP contribution >= 0.6 is 0 Å². The smallest absolute Gasteiger partial charge is 0.309 e. The highest BCUT2D eigenvalue weighted by Crippen LogP contribution is 2.12. The van der Waals surface area contributed by atoms with Gasteiger partial charge < -0.3 is 15.0 Å². The minimum absolute atomic E-state index is 0.0279. The van der Waals surface area contributed by atoms with Crippen LogP contribution in [0.5, 0.6) is 0 Å². The second kappa shape index (κ2) is 6.86. The average molecular weight is 228 g/mol. The molecule has 1 atom stereocenters. The van der Waals surface area contributed by atoms with Crippen molar-refractivity contribution in [2.75, 3.05) is 33.3 Å². The summed E-state index contributed by atoms with van der Waals surface area (Å²) in [5.74, 6) is -0.108. The molecule has 16 heavy (non-hydrogen) atoms. The van der Waals surface area contributed by atoms with E-state index < -0.39 is 0 Å². The first kappa shape index (κ1) is 13.5. The van der Waals surface area contributed by atoms with E-state index >= 15 is 0 Å². The number of hydrogen-bond acceptors (Lipinski definition) is 4. The molecule has 0 aromatic heterocycles. The van der Waals surface area contributed by atoms with Crippen LogP contribution in [0.25, 0.3) is 0 Å². The van der Waals surface area contributed by atoms with Crippen LogP contribution in [0.15, 0.2) is 0 Å². The Morgan fingerprint density at radius 2 is 2.12 bits per heavy atom. The van der Waals surface area contributed by atoms with Crippen molar-refractivity contribution < 1.29 is 9.53 Å². The molecule has 1 saturated heterocycles. The van der Waals surface area contributed by atoms with Crippen molar-refractivity contribution in [3.05, 3.63) is 0 Å². The molecule has 94 valence electrons. The minimum Gasteiger partial charge on any atom is -0.466 e. The van der Waals surface area contributed by atoms with Crippen molar-refractivity contribution in [1.82, 2.24) is 10.2 Å². The molecule has 1 aliphatic rings. The molecular weight excluding hydrogens is 204 g/mol. The normalized spacial score (nSPS) is 19.8. The Morgan fingerprint density at radius 3 is 2.69 bits per heavy atom. The summed E-state index contributed by atoms with van der Waals surface area (Å²) in [6.45, 7) is 7.23. The van der Waals surface area contributed by atoms with Gasteiger partial charge in [-0.2, -0.15) is 0 Å². The van der Waals surface area contributed by atoms with Gasteiger partial charge in [-0.05, 0) is 39.9 Å². The van der Waals surface area contributed by atoms with E-state index in [1.807, 2.05) is 13.8 Å². The zero-order valence-electron chi connectivity index (χ0n) is 10.7. The number of piperidine rings is 1. The lowest BCUT2D eigenvalue weighted by Gasteiger charge is -2.32. The predicted octanol–water partition coefficient (Wildman–Crippen LogP) is 0.869. The highest BCUT2D eigenvalue weighted by Gasteiger charge is 2.22. The molecule has 0 aliphatic carbocycles. The third kappa shape index (κ3) is 4.10. The quantitative estimate of drug-likeness (QED) is 0.709. The Hall–Kier alpha value is -0.610. The molecule has 0 spiro atoms. The topological polar surface area (TPSA) is 41.6 Å². The summed E-state index contributed by atoms with van der Waals surface area (Å²) in [6.07, 6.45) is 2.35. The lowest BCUT2D eigenvalue weighted by Crippen LogP contribution is -2.43. The molecular formula is C12H24N2O2. The molecule has 4 nitrogen and oxygen atoms in total. The predicted molar refractivity (Wildman–Crippen MR) is 64.3 cm³/mol. The van der Waals surface area contributed by atoms with Crippen LogP contribution < -0.4 is 5.32 Å². The largest absolute Gasteiger partial charge is 0.466 e. The molecule has 0 aromatic carbocycles. The van der Waals surface area contributed by atoms with E-state index in [2.05, 4.69) is 17.3 Å². The van der Waals surface area contributed by atoms with Gasteiger partial charge >= 0.3 is 5.97 Å². The summed E-state index contributed by atoms with van der Waals surface area (Å²) in [5.41, 5.74) is 0. The van der Waals surface area contributed by atoms with Crippen LogP contribution in [0.2, 0.25) is 0 Å². The lowest BCUT2D eigenvalue weighted by atomic mass is 10.0. The van der Waals surface area contributed by atoms with Crippen LogP contribution in [0, 0.1) is 5.92 Å². The Bertz CT molecular complexity index is 215. The number of carbonyl (C=O) groups excluding carboxylic acids is 1. The van der Waals surface area contributed by atoms with E-state index in [1.54, 1.807) is 0 Å². The Morgan fingerprint density at radius 1 is 1.50 bits per heavy atom. The summed E-state index contributed by atoms with van der Waals surface area (Å²) < 4.78 is 5.01. The van der Waals surface area contributed by atoms with Gasteiger partial charge in [-0.3, -0.25) is 4.79 Å². The zero-order chi connectivity index (χ0) is 12.0. The molecule has 1 rings (SSSR count). The van der Waals surface area contributed by atoms with Crippen molar-refractivity contribution in [2.24, 2.45) is 5.92 Å². The van der Waals surface area contributed by atoms with Crippen LogP contribution in [0.4, 0.5) is 0 Å². The fraction of sp³-hybridized carbons (Fsp3) is 0.917. The number of hydrogen-bond donors (Lipinski definition) is 1. The fourth-order valence-electron chi connectivity index (χ4n) is 2.19. The number of esters is 1. The molecule has 0 saturated carbocycles. The summed E-state index contributed by atoms with van der Waals surface area (Å²) in [5, 5.41) is 3.35. The van der Waals surface area contributed by atoms with Gasteiger partial charge in [-0.15, -0.1) is 0 Å². The Kier molecular flexibility index (Phi) is 5.77. The van der Waals surface area contributed by atoms with Crippen molar-refractivity contribution in [2.45, 2.75) is 32.7 Å². The Balaban J connectivity index is 2.31.